The molecular weight excluding hydrogens is 412 g/mol. The molecule has 0 aromatic heterocycles. The van der Waals surface area contributed by atoms with Crippen molar-refractivity contribution in [3.63, 3.8) is 0 Å². The van der Waals surface area contributed by atoms with Gasteiger partial charge >= 0.3 is 0 Å². The lowest BCUT2D eigenvalue weighted by molar-refractivity contribution is -0.115. The average Bonchev–Trinajstić information content (AvgIpc) is 3.02. The van der Waals surface area contributed by atoms with Gasteiger partial charge in [-0.25, -0.2) is 13.1 Å². The van der Waals surface area contributed by atoms with E-state index in [-0.39, 0.29) is 19.1 Å². The number of benzene rings is 2. The number of rotatable bonds is 6. The highest BCUT2D eigenvalue weighted by molar-refractivity contribution is 9.10. The first-order valence-corrected chi connectivity index (χ1v) is 9.78. The van der Waals surface area contributed by atoms with Crippen molar-refractivity contribution in [3.8, 4) is 11.5 Å². The van der Waals surface area contributed by atoms with Crippen LogP contribution in [-0.2, 0) is 20.6 Å². The van der Waals surface area contributed by atoms with E-state index < -0.39 is 15.9 Å². The number of carbonyl (C=O) groups excluding carboxylic acids is 1. The molecule has 0 aliphatic carbocycles. The van der Waals surface area contributed by atoms with Gasteiger partial charge in [0.05, 0.1) is 18.0 Å². The van der Waals surface area contributed by atoms with E-state index in [1.165, 1.54) is 0 Å². The minimum atomic E-state index is -3.67. The lowest BCUT2D eigenvalue weighted by atomic mass is 10.2. The Kier molecular flexibility index (Phi) is 5.26. The number of ether oxygens (including phenoxy) is 2. The molecule has 1 aliphatic rings. The topological polar surface area (TPSA) is 93.7 Å². The normalized spacial score (nSPS) is 12.8. The zero-order valence-corrected chi connectivity index (χ0v) is 15.4. The Morgan fingerprint density at radius 1 is 1.12 bits per heavy atom. The molecule has 0 saturated carbocycles. The SMILES string of the molecule is O=C(CNS(=O)(=O)Cc1ccc2c(c1)OCO2)Nc1ccccc1Br. The number of halogens is 1. The van der Waals surface area contributed by atoms with Crippen molar-refractivity contribution in [1.29, 1.82) is 0 Å². The van der Waals surface area contributed by atoms with Crippen molar-refractivity contribution in [2.24, 2.45) is 0 Å². The predicted octanol–water partition coefficient (Wildman–Crippen LogP) is 2.24. The lowest BCUT2D eigenvalue weighted by Gasteiger charge is -2.09. The minimum absolute atomic E-state index is 0.124. The average molecular weight is 427 g/mol. The molecule has 7 nitrogen and oxygen atoms in total. The van der Waals surface area contributed by atoms with Crippen LogP contribution in [0.25, 0.3) is 0 Å². The second kappa shape index (κ2) is 7.42. The van der Waals surface area contributed by atoms with Crippen LogP contribution in [0.15, 0.2) is 46.9 Å². The Labute approximate surface area is 153 Å². The molecule has 0 bridgehead atoms. The fraction of sp³-hybridized carbons (Fsp3) is 0.188. The molecule has 1 amide bonds. The number of sulfonamides is 1. The Balaban J connectivity index is 1.56. The maximum absolute atomic E-state index is 12.2. The summed E-state index contributed by atoms with van der Waals surface area (Å²) in [6, 6.07) is 12.0. The number of hydrogen-bond donors (Lipinski definition) is 2. The van der Waals surface area contributed by atoms with Gasteiger partial charge < -0.3 is 14.8 Å². The molecule has 0 saturated heterocycles. The molecule has 2 aromatic carbocycles. The van der Waals surface area contributed by atoms with Crippen molar-refractivity contribution in [2.45, 2.75) is 5.75 Å². The summed E-state index contributed by atoms with van der Waals surface area (Å²) in [7, 11) is -3.67. The first kappa shape index (κ1) is 17.7. The zero-order chi connectivity index (χ0) is 17.9. The molecule has 0 spiro atoms. The van der Waals surface area contributed by atoms with Gasteiger partial charge in [-0.05, 0) is 45.8 Å². The van der Waals surface area contributed by atoms with E-state index in [1.807, 2.05) is 6.07 Å². The zero-order valence-electron chi connectivity index (χ0n) is 13.0. The van der Waals surface area contributed by atoms with Crippen LogP contribution < -0.4 is 19.5 Å². The Hall–Kier alpha value is -2.10. The Bertz CT molecular complexity index is 901. The number of carbonyl (C=O) groups is 1. The van der Waals surface area contributed by atoms with E-state index in [0.29, 0.717) is 27.2 Å². The Morgan fingerprint density at radius 2 is 1.88 bits per heavy atom. The van der Waals surface area contributed by atoms with Crippen LogP contribution in [0.3, 0.4) is 0 Å². The van der Waals surface area contributed by atoms with Crippen molar-refractivity contribution >= 4 is 37.5 Å². The summed E-state index contributed by atoms with van der Waals surface area (Å²) in [6.45, 7) is -0.229. The summed E-state index contributed by atoms with van der Waals surface area (Å²) < 4.78 is 37.7. The van der Waals surface area contributed by atoms with E-state index in [9.17, 15) is 13.2 Å². The highest BCUT2D eigenvalue weighted by atomic mass is 79.9. The second-order valence-electron chi connectivity index (χ2n) is 5.30. The van der Waals surface area contributed by atoms with Crippen LogP contribution in [0, 0.1) is 0 Å². The standard InChI is InChI=1S/C16H15BrN2O5S/c17-12-3-1-2-4-13(12)19-16(20)8-18-25(21,22)9-11-5-6-14-15(7-11)24-10-23-14/h1-7,18H,8-10H2,(H,19,20). The monoisotopic (exact) mass is 426 g/mol. The third kappa shape index (κ3) is 4.71. The van der Waals surface area contributed by atoms with E-state index in [2.05, 4.69) is 26.0 Å². The second-order valence-corrected chi connectivity index (χ2v) is 7.96. The van der Waals surface area contributed by atoms with Gasteiger partial charge in [0.25, 0.3) is 0 Å². The van der Waals surface area contributed by atoms with Gasteiger partial charge in [-0.15, -0.1) is 0 Å². The summed E-state index contributed by atoms with van der Waals surface area (Å²) in [5.74, 6) is 0.383. The molecule has 3 rings (SSSR count). The molecule has 132 valence electrons. The molecule has 1 heterocycles. The fourth-order valence-corrected chi connectivity index (χ4v) is 3.69. The molecule has 0 radical (unpaired) electrons. The maximum Gasteiger partial charge on any atom is 0.239 e. The summed E-state index contributed by atoms with van der Waals surface area (Å²) >= 11 is 3.31. The van der Waals surface area contributed by atoms with Crippen LogP contribution in [0.1, 0.15) is 5.56 Å². The molecule has 0 unspecified atom stereocenters. The quantitative estimate of drug-likeness (QED) is 0.738. The molecule has 0 fully saturated rings. The third-order valence-electron chi connectivity index (χ3n) is 3.39. The fourth-order valence-electron chi connectivity index (χ4n) is 2.23. The minimum Gasteiger partial charge on any atom is -0.454 e. The van der Waals surface area contributed by atoms with Crippen LogP contribution in [0.4, 0.5) is 5.69 Å². The van der Waals surface area contributed by atoms with Gasteiger partial charge in [-0.2, -0.15) is 0 Å². The van der Waals surface area contributed by atoms with Gasteiger partial charge in [0, 0.05) is 4.47 Å². The summed E-state index contributed by atoms with van der Waals surface area (Å²) in [6.07, 6.45) is 0. The number of anilines is 1. The number of amides is 1. The highest BCUT2D eigenvalue weighted by Gasteiger charge is 2.18. The van der Waals surface area contributed by atoms with E-state index in [0.717, 1.165) is 0 Å². The van der Waals surface area contributed by atoms with Gasteiger partial charge in [-0.1, -0.05) is 18.2 Å². The molecule has 0 atom stereocenters. The molecule has 2 N–H and O–H groups in total. The van der Waals surface area contributed by atoms with Crippen LogP contribution in [0.2, 0.25) is 0 Å². The van der Waals surface area contributed by atoms with E-state index in [1.54, 1.807) is 36.4 Å². The van der Waals surface area contributed by atoms with Crippen LogP contribution >= 0.6 is 15.9 Å². The number of fused-ring (bicyclic) bond motifs is 1. The van der Waals surface area contributed by atoms with Crippen LogP contribution in [0.5, 0.6) is 11.5 Å². The highest BCUT2D eigenvalue weighted by Crippen LogP contribution is 2.32. The lowest BCUT2D eigenvalue weighted by Crippen LogP contribution is -2.33. The first-order chi connectivity index (χ1) is 11.9. The van der Waals surface area contributed by atoms with Crippen molar-refractivity contribution in [1.82, 2.24) is 4.72 Å². The first-order valence-electron chi connectivity index (χ1n) is 7.33. The van der Waals surface area contributed by atoms with Gasteiger partial charge in [0.1, 0.15) is 0 Å². The number of nitrogens with one attached hydrogen (secondary N) is 2. The smallest absolute Gasteiger partial charge is 0.239 e. The molecule has 9 heteroatoms. The summed E-state index contributed by atoms with van der Waals surface area (Å²) in [5.41, 5.74) is 1.12. The van der Waals surface area contributed by atoms with Gasteiger partial charge in [-0.3, -0.25) is 4.79 Å². The molecular formula is C16H15BrN2O5S. The number of para-hydroxylation sites is 1. The number of hydrogen-bond acceptors (Lipinski definition) is 5. The van der Waals surface area contributed by atoms with Crippen molar-refractivity contribution < 1.29 is 22.7 Å². The van der Waals surface area contributed by atoms with Crippen molar-refractivity contribution in [3.05, 3.63) is 52.5 Å². The largest absolute Gasteiger partial charge is 0.454 e. The van der Waals surface area contributed by atoms with E-state index in [4.69, 9.17) is 9.47 Å². The third-order valence-corrected chi connectivity index (χ3v) is 5.38. The summed E-state index contributed by atoms with van der Waals surface area (Å²) in [4.78, 5) is 11.9. The summed E-state index contributed by atoms with van der Waals surface area (Å²) in [5, 5.41) is 2.63. The van der Waals surface area contributed by atoms with Crippen LogP contribution in [-0.4, -0.2) is 27.7 Å². The maximum atomic E-state index is 12.2. The Morgan fingerprint density at radius 3 is 2.68 bits per heavy atom. The molecule has 25 heavy (non-hydrogen) atoms. The predicted molar refractivity (Wildman–Crippen MR) is 96.0 cm³/mol. The molecule has 1 aliphatic heterocycles. The van der Waals surface area contributed by atoms with E-state index >= 15 is 0 Å². The van der Waals surface area contributed by atoms with Gasteiger partial charge in [0.15, 0.2) is 11.5 Å². The van der Waals surface area contributed by atoms with Gasteiger partial charge in [0.2, 0.25) is 22.7 Å². The van der Waals surface area contributed by atoms with Crippen molar-refractivity contribution in [2.75, 3.05) is 18.7 Å². The molecule has 2 aromatic rings.